The zero-order chi connectivity index (χ0) is 27.6. The third-order valence-electron chi connectivity index (χ3n) is 5.39. The zero-order valence-corrected chi connectivity index (χ0v) is 21.7. The number of alkyl halides is 4. The molecule has 1 heterocycles. The molecule has 0 aromatic heterocycles. The highest BCUT2D eigenvalue weighted by molar-refractivity contribution is 7.80. The van der Waals surface area contributed by atoms with Gasteiger partial charge in [0.15, 0.2) is 5.11 Å². The van der Waals surface area contributed by atoms with E-state index < -0.39 is 30.4 Å². The van der Waals surface area contributed by atoms with Gasteiger partial charge in [0.25, 0.3) is 5.91 Å². The van der Waals surface area contributed by atoms with Crippen LogP contribution >= 0.6 is 35.4 Å². The van der Waals surface area contributed by atoms with Crippen LogP contribution in [0.4, 0.5) is 28.9 Å². The Labute approximate surface area is 230 Å². The lowest BCUT2D eigenvalue weighted by molar-refractivity contribution is -0.253. The molecular weight excluding hydrogens is 567 g/mol. The van der Waals surface area contributed by atoms with Crippen LogP contribution in [0.25, 0.3) is 0 Å². The number of nitrogens with zero attached hydrogens (tertiary/aromatic N) is 2. The van der Waals surface area contributed by atoms with Gasteiger partial charge in [-0.1, -0.05) is 47.5 Å². The molecule has 2 N–H and O–H groups in total. The molecule has 0 saturated heterocycles. The van der Waals surface area contributed by atoms with Crippen LogP contribution in [0.15, 0.2) is 71.7 Å². The smallest absolute Gasteiger partial charge is 0.428 e. The van der Waals surface area contributed by atoms with E-state index in [1.807, 2.05) is 0 Å². The second-order valence-corrected chi connectivity index (χ2v) is 9.26. The van der Waals surface area contributed by atoms with Gasteiger partial charge in [0.1, 0.15) is 5.75 Å². The normalized spacial score (nSPS) is 15.5. The van der Waals surface area contributed by atoms with Gasteiger partial charge in [0.2, 0.25) is 6.17 Å². The number of thiocarbonyl (C=S) groups is 1. The maximum Gasteiger partial charge on any atom is 0.461 e. The zero-order valence-electron chi connectivity index (χ0n) is 19.4. The van der Waals surface area contributed by atoms with E-state index in [9.17, 15) is 22.4 Å². The molecule has 3 aromatic rings. The van der Waals surface area contributed by atoms with Crippen LogP contribution in [0.3, 0.4) is 0 Å². The van der Waals surface area contributed by atoms with E-state index in [1.165, 1.54) is 17.0 Å². The first-order valence-electron chi connectivity index (χ1n) is 10.9. The van der Waals surface area contributed by atoms with Crippen molar-refractivity contribution in [1.29, 1.82) is 0 Å². The number of amides is 1. The molecule has 0 bridgehead atoms. The molecule has 38 heavy (non-hydrogen) atoms. The number of ether oxygens (including phenoxy) is 1. The number of halogens is 6. The van der Waals surface area contributed by atoms with Crippen molar-refractivity contribution in [2.24, 2.45) is 4.99 Å². The number of likely N-dealkylation sites (N-methyl/N-ethyl adjacent to an activating group) is 1. The summed E-state index contributed by atoms with van der Waals surface area (Å²) in [5.41, 5.74) is 2.18. The third kappa shape index (κ3) is 6.01. The fourth-order valence-corrected chi connectivity index (χ4v) is 4.27. The molecule has 1 amide bonds. The molecule has 1 aliphatic rings. The molecule has 1 aliphatic heterocycles. The van der Waals surface area contributed by atoms with Crippen LogP contribution < -0.4 is 20.3 Å². The lowest BCUT2D eigenvalue weighted by Crippen LogP contribution is -2.47. The topological polar surface area (TPSA) is 66.0 Å². The Hall–Kier alpha value is -3.41. The highest BCUT2D eigenvalue weighted by atomic mass is 35.5. The fourth-order valence-electron chi connectivity index (χ4n) is 3.64. The summed E-state index contributed by atoms with van der Waals surface area (Å²) in [6.07, 6.45) is -9.90. The maximum absolute atomic E-state index is 13.3. The molecule has 0 fully saturated rings. The largest absolute Gasteiger partial charge is 0.461 e. The van der Waals surface area contributed by atoms with Crippen LogP contribution in [0.5, 0.6) is 5.75 Å². The molecule has 0 spiro atoms. The minimum atomic E-state index is -4.67. The summed E-state index contributed by atoms with van der Waals surface area (Å²) in [4.78, 5) is 19.4. The number of nitrogens with one attached hydrogen (secondary N) is 2. The highest BCUT2D eigenvalue weighted by Crippen LogP contribution is 2.32. The minimum absolute atomic E-state index is 0.0965. The predicted octanol–water partition coefficient (Wildman–Crippen LogP) is 6.36. The number of benzene rings is 3. The summed E-state index contributed by atoms with van der Waals surface area (Å²) >= 11 is 18.0. The number of fused-ring (bicyclic) bond motifs is 1. The van der Waals surface area contributed by atoms with Crippen molar-refractivity contribution in [2.45, 2.75) is 18.7 Å². The maximum atomic E-state index is 13.3. The SMILES string of the molecule is CN1C(=O)C(NC(=S)Nc2cccc(OC(F)(F)C(F)F)c2)N=C(c2ccccc2Cl)c2cc(Cl)ccc21. The second kappa shape index (κ2) is 11.1. The number of hydrogen-bond acceptors (Lipinski definition) is 4. The first kappa shape index (κ1) is 27.6. The molecule has 1 atom stereocenters. The van der Waals surface area contributed by atoms with Crippen molar-refractivity contribution in [2.75, 3.05) is 17.3 Å². The van der Waals surface area contributed by atoms with E-state index >= 15 is 0 Å². The first-order chi connectivity index (χ1) is 18.0. The summed E-state index contributed by atoms with van der Waals surface area (Å²) in [6.45, 7) is 0. The first-order valence-corrected chi connectivity index (χ1v) is 12.1. The minimum Gasteiger partial charge on any atom is -0.428 e. The van der Waals surface area contributed by atoms with E-state index in [4.69, 9.17) is 35.4 Å². The number of benzodiazepines with no additional fused rings is 1. The van der Waals surface area contributed by atoms with Crippen LogP contribution in [0.1, 0.15) is 11.1 Å². The number of aliphatic imine (C=N–C) groups is 1. The lowest BCUT2D eigenvalue weighted by Gasteiger charge is -2.22. The molecule has 4 rings (SSSR count). The van der Waals surface area contributed by atoms with Gasteiger partial charge in [-0.2, -0.15) is 17.6 Å². The molecule has 1 unspecified atom stereocenters. The molecule has 6 nitrogen and oxygen atoms in total. The van der Waals surface area contributed by atoms with Gasteiger partial charge in [-0.3, -0.25) is 4.79 Å². The molecular formula is C25H18Cl2F4N4O2S. The fraction of sp³-hybridized carbons (Fsp3) is 0.160. The molecule has 3 aromatic carbocycles. The monoisotopic (exact) mass is 584 g/mol. The van der Waals surface area contributed by atoms with Crippen LogP contribution in [0, 0.1) is 0 Å². The van der Waals surface area contributed by atoms with Crippen LogP contribution in [-0.2, 0) is 4.79 Å². The Morgan fingerprint density at radius 2 is 1.82 bits per heavy atom. The predicted molar refractivity (Wildman–Crippen MR) is 143 cm³/mol. The highest BCUT2D eigenvalue weighted by Gasteiger charge is 2.44. The van der Waals surface area contributed by atoms with Gasteiger partial charge in [-0.25, -0.2) is 4.99 Å². The van der Waals surface area contributed by atoms with Gasteiger partial charge in [-0.05, 0) is 48.6 Å². The number of hydrogen-bond donors (Lipinski definition) is 2. The molecule has 13 heteroatoms. The Balaban J connectivity index is 1.63. The van der Waals surface area contributed by atoms with Crippen LogP contribution in [0.2, 0.25) is 10.0 Å². The van der Waals surface area contributed by atoms with Crippen molar-refractivity contribution in [1.82, 2.24) is 5.32 Å². The summed E-state index contributed by atoms with van der Waals surface area (Å²) < 4.78 is 55.7. The number of carbonyl (C=O) groups excluding carboxylic acids is 1. The lowest BCUT2D eigenvalue weighted by atomic mass is 10.00. The standard InChI is InChI=1S/C25H18Cl2F4N4O2S/c1-35-19-10-9-13(26)11-17(19)20(16-7-2-3-8-18(16)27)33-21(22(35)36)34-24(38)32-14-5-4-6-15(12-14)37-25(30,31)23(28)29/h2-12,21,23H,1H3,(H2,32,34,38). The summed E-state index contributed by atoms with van der Waals surface area (Å²) in [6, 6.07) is 16.8. The number of carbonyl (C=O) groups is 1. The van der Waals surface area contributed by atoms with Crippen LogP contribution in [-0.4, -0.2) is 42.5 Å². The summed E-state index contributed by atoms with van der Waals surface area (Å²) in [5, 5.41) is 6.24. The van der Waals surface area contributed by atoms with E-state index in [2.05, 4.69) is 20.4 Å². The average molecular weight is 585 g/mol. The van der Waals surface area contributed by atoms with Gasteiger partial charge in [-0.15, -0.1) is 0 Å². The van der Waals surface area contributed by atoms with Crippen molar-refractivity contribution in [3.8, 4) is 5.75 Å². The Bertz CT molecular complexity index is 1420. The second-order valence-electron chi connectivity index (χ2n) is 8.01. The third-order valence-corrected chi connectivity index (χ3v) is 6.18. The van der Waals surface area contributed by atoms with Gasteiger partial charge >= 0.3 is 12.5 Å². The van der Waals surface area contributed by atoms with E-state index in [0.29, 0.717) is 32.6 Å². The molecule has 0 saturated carbocycles. The quantitative estimate of drug-likeness (QED) is 0.261. The van der Waals surface area contributed by atoms with E-state index in [-0.39, 0.29) is 10.8 Å². The molecule has 0 aliphatic carbocycles. The van der Waals surface area contributed by atoms with Crippen molar-refractivity contribution in [3.63, 3.8) is 0 Å². The van der Waals surface area contributed by atoms with Crippen molar-refractivity contribution < 1.29 is 27.1 Å². The summed E-state index contributed by atoms with van der Waals surface area (Å²) in [5.74, 6) is -0.979. The van der Waals surface area contributed by atoms with E-state index in [0.717, 1.165) is 12.1 Å². The van der Waals surface area contributed by atoms with Gasteiger partial charge in [0.05, 0.1) is 11.4 Å². The Kier molecular flexibility index (Phi) is 8.10. The molecule has 198 valence electrons. The van der Waals surface area contributed by atoms with Gasteiger partial charge in [0, 0.05) is 40.0 Å². The molecule has 0 radical (unpaired) electrons. The van der Waals surface area contributed by atoms with Gasteiger partial charge < -0.3 is 20.3 Å². The van der Waals surface area contributed by atoms with Crippen molar-refractivity contribution in [3.05, 3.63) is 87.9 Å². The Morgan fingerprint density at radius 3 is 2.53 bits per heavy atom. The van der Waals surface area contributed by atoms with E-state index in [1.54, 1.807) is 49.5 Å². The number of anilines is 2. The average Bonchev–Trinajstić information content (AvgIpc) is 2.94. The van der Waals surface area contributed by atoms with Crippen molar-refractivity contribution >= 4 is 63.5 Å². The Morgan fingerprint density at radius 1 is 1.08 bits per heavy atom. The number of rotatable bonds is 6. The summed E-state index contributed by atoms with van der Waals surface area (Å²) in [7, 11) is 1.56.